The lowest BCUT2D eigenvalue weighted by atomic mass is 9.96. The maximum absolute atomic E-state index is 6.31. The summed E-state index contributed by atoms with van der Waals surface area (Å²) in [4.78, 5) is 0. The Balaban J connectivity index is 2.22. The van der Waals surface area contributed by atoms with E-state index in [1.54, 1.807) is 0 Å². The van der Waals surface area contributed by atoms with Gasteiger partial charge in [0.15, 0.2) is 0 Å². The van der Waals surface area contributed by atoms with Crippen LogP contribution < -0.4 is 5.73 Å². The van der Waals surface area contributed by atoms with Gasteiger partial charge < -0.3 is 5.73 Å². The Bertz CT molecular complexity index is 552. The minimum Gasteiger partial charge on any atom is -0.324 e. The van der Waals surface area contributed by atoms with Crippen LogP contribution in [0.25, 0.3) is 0 Å². The molecule has 0 saturated carbocycles. The molecule has 0 aliphatic rings. The van der Waals surface area contributed by atoms with Gasteiger partial charge in [0.1, 0.15) is 0 Å². The molecule has 0 spiro atoms. The van der Waals surface area contributed by atoms with Crippen LogP contribution in [0, 0.1) is 6.92 Å². The van der Waals surface area contributed by atoms with E-state index in [4.69, 9.17) is 5.73 Å². The molecular weight excluding hydrogens is 354 g/mol. The van der Waals surface area contributed by atoms with E-state index in [0.29, 0.717) is 0 Å². The highest BCUT2D eigenvalue weighted by molar-refractivity contribution is 9.10. The molecule has 0 aliphatic heterocycles. The van der Waals surface area contributed by atoms with Crippen molar-refractivity contribution in [3.8, 4) is 0 Å². The predicted molar refractivity (Wildman–Crippen MR) is 83.7 cm³/mol. The molecule has 0 fully saturated rings. The molecule has 0 radical (unpaired) electrons. The second kappa shape index (κ2) is 6.00. The van der Waals surface area contributed by atoms with Gasteiger partial charge in [0.25, 0.3) is 0 Å². The third-order valence-corrected chi connectivity index (χ3v) is 4.30. The van der Waals surface area contributed by atoms with Crippen molar-refractivity contribution in [2.24, 2.45) is 5.73 Å². The zero-order chi connectivity index (χ0) is 13.1. The van der Waals surface area contributed by atoms with Crippen molar-refractivity contribution >= 4 is 31.9 Å². The molecule has 0 aliphatic carbocycles. The highest BCUT2D eigenvalue weighted by Gasteiger charge is 2.11. The average Bonchev–Trinajstić information content (AvgIpc) is 2.32. The number of hydrogen-bond acceptors (Lipinski definition) is 1. The third-order valence-electron chi connectivity index (χ3n) is 3.03. The van der Waals surface area contributed by atoms with Crippen LogP contribution in [-0.2, 0) is 6.42 Å². The van der Waals surface area contributed by atoms with Crippen molar-refractivity contribution in [2.75, 3.05) is 0 Å². The summed E-state index contributed by atoms with van der Waals surface area (Å²) in [7, 11) is 0. The van der Waals surface area contributed by atoms with E-state index in [2.05, 4.69) is 63.0 Å². The number of benzene rings is 2. The van der Waals surface area contributed by atoms with Gasteiger partial charge in [0.2, 0.25) is 0 Å². The summed E-state index contributed by atoms with van der Waals surface area (Å²) in [6.45, 7) is 2.10. The van der Waals surface area contributed by atoms with Crippen LogP contribution in [0.3, 0.4) is 0 Å². The Morgan fingerprint density at radius 2 is 1.83 bits per heavy atom. The van der Waals surface area contributed by atoms with E-state index in [0.717, 1.165) is 15.4 Å². The summed E-state index contributed by atoms with van der Waals surface area (Å²) in [5, 5.41) is 0. The summed E-state index contributed by atoms with van der Waals surface area (Å²) in [6.07, 6.45) is 0.837. The molecule has 2 aromatic carbocycles. The van der Waals surface area contributed by atoms with Gasteiger partial charge >= 0.3 is 0 Å². The number of aryl methyl sites for hydroxylation is 1. The van der Waals surface area contributed by atoms with Crippen LogP contribution in [0.5, 0.6) is 0 Å². The van der Waals surface area contributed by atoms with Gasteiger partial charge in [0.05, 0.1) is 0 Å². The molecule has 0 bridgehead atoms. The second-order valence-electron chi connectivity index (χ2n) is 4.40. The Hall–Kier alpha value is -0.640. The Kier molecular flexibility index (Phi) is 4.60. The van der Waals surface area contributed by atoms with E-state index in [1.807, 2.05) is 18.2 Å². The Morgan fingerprint density at radius 3 is 2.50 bits per heavy atom. The largest absolute Gasteiger partial charge is 0.324 e. The fraction of sp³-hybridized carbons (Fsp3) is 0.200. The summed E-state index contributed by atoms with van der Waals surface area (Å²) in [5.41, 5.74) is 9.98. The van der Waals surface area contributed by atoms with E-state index in [9.17, 15) is 0 Å². The van der Waals surface area contributed by atoms with Crippen LogP contribution >= 0.6 is 31.9 Å². The Morgan fingerprint density at radius 1 is 1.11 bits per heavy atom. The molecule has 0 saturated heterocycles. The van der Waals surface area contributed by atoms with Gasteiger partial charge in [0, 0.05) is 15.0 Å². The van der Waals surface area contributed by atoms with Crippen LogP contribution in [0.2, 0.25) is 0 Å². The van der Waals surface area contributed by atoms with Gasteiger partial charge in [-0.1, -0.05) is 56.1 Å². The zero-order valence-corrected chi connectivity index (χ0v) is 13.3. The maximum atomic E-state index is 6.31. The minimum atomic E-state index is 0.0248. The minimum absolute atomic E-state index is 0.0248. The lowest BCUT2D eigenvalue weighted by Gasteiger charge is -2.16. The van der Waals surface area contributed by atoms with E-state index < -0.39 is 0 Å². The van der Waals surface area contributed by atoms with Crippen LogP contribution in [0.15, 0.2) is 51.4 Å². The number of hydrogen-bond donors (Lipinski definition) is 1. The van der Waals surface area contributed by atoms with Gasteiger partial charge in [-0.05, 0) is 48.2 Å². The smallest absolute Gasteiger partial charge is 0.0338 e. The van der Waals surface area contributed by atoms with Crippen molar-refractivity contribution in [3.05, 3.63) is 68.1 Å². The Labute approximate surface area is 125 Å². The average molecular weight is 369 g/mol. The van der Waals surface area contributed by atoms with Gasteiger partial charge in [-0.25, -0.2) is 0 Å². The summed E-state index contributed by atoms with van der Waals surface area (Å²) < 4.78 is 2.21. The van der Waals surface area contributed by atoms with Crippen molar-refractivity contribution in [2.45, 2.75) is 19.4 Å². The first kappa shape index (κ1) is 13.8. The fourth-order valence-electron chi connectivity index (χ4n) is 2.07. The molecule has 0 amide bonds. The molecule has 0 aromatic heterocycles. The molecule has 18 heavy (non-hydrogen) atoms. The van der Waals surface area contributed by atoms with Crippen LogP contribution in [-0.4, -0.2) is 0 Å². The number of rotatable bonds is 3. The zero-order valence-electron chi connectivity index (χ0n) is 10.2. The molecule has 1 unspecified atom stereocenters. The van der Waals surface area contributed by atoms with Crippen molar-refractivity contribution < 1.29 is 0 Å². The van der Waals surface area contributed by atoms with Gasteiger partial charge in [-0.15, -0.1) is 0 Å². The normalized spacial score (nSPS) is 12.4. The first-order valence-electron chi connectivity index (χ1n) is 5.83. The summed E-state index contributed by atoms with van der Waals surface area (Å²) in [5.74, 6) is 0. The molecule has 2 rings (SSSR count). The summed E-state index contributed by atoms with van der Waals surface area (Å²) >= 11 is 7.04. The third kappa shape index (κ3) is 3.22. The van der Waals surface area contributed by atoms with Gasteiger partial charge in [-0.3, -0.25) is 0 Å². The lowest BCUT2D eigenvalue weighted by Crippen LogP contribution is -2.14. The first-order valence-corrected chi connectivity index (χ1v) is 7.41. The van der Waals surface area contributed by atoms with E-state index in [-0.39, 0.29) is 6.04 Å². The van der Waals surface area contributed by atoms with E-state index >= 15 is 0 Å². The topological polar surface area (TPSA) is 26.0 Å². The lowest BCUT2D eigenvalue weighted by molar-refractivity contribution is 0.714. The quantitative estimate of drug-likeness (QED) is 0.830. The highest BCUT2D eigenvalue weighted by Crippen LogP contribution is 2.25. The SMILES string of the molecule is Cc1cc(Br)ccc1C(N)Cc1ccccc1Br. The van der Waals surface area contributed by atoms with Crippen LogP contribution in [0.1, 0.15) is 22.7 Å². The monoisotopic (exact) mass is 367 g/mol. The molecule has 94 valence electrons. The maximum Gasteiger partial charge on any atom is 0.0338 e. The second-order valence-corrected chi connectivity index (χ2v) is 6.17. The summed E-state index contributed by atoms with van der Waals surface area (Å²) in [6, 6.07) is 14.5. The molecular formula is C15H15Br2N. The molecule has 2 N–H and O–H groups in total. The molecule has 1 atom stereocenters. The van der Waals surface area contributed by atoms with E-state index in [1.165, 1.54) is 16.7 Å². The number of halogens is 2. The predicted octanol–water partition coefficient (Wildman–Crippen LogP) is 4.76. The number of nitrogens with two attached hydrogens (primary N) is 1. The highest BCUT2D eigenvalue weighted by atomic mass is 79.9. The molecule has 1 nitrogen and oxygen atoms in total. The van der Waals surface area contributed by atoms with Crippen molar-refractivity contribution in [1.29, 1.82) is 0 Å². The fourth-order valence-corrected chi connectivity index (χ4v) is 2.99. The molecule has 0 heterocycles. The standard InChI is InChI=1S/C15H15Br2N/c1-10-8-12(16)6-7-13(10)15(18)9-11-4-2-3-5-14(11)17/h2-8,15H,9,18H2,1H3. The van der Waals surface area contributed by atoms with Gasteiger partial charge in [-0.2, -0.15) is 0 Å². The van der Waals surface area contributed by atoms with Crippen molar-refractivity contribution in [1.82, 2.24) is 0 Å². The van der Waals surface area contributed by atoms with Crippen molar-refractivity contribution in [3.63, 3.8) is 0 Å². The first-order chi connectivity index (χ1) is 8.58. The van der Waals surface area contributed by atoms with Crippen LogP contribution in [0.4, 0.5) is 0 Å². The molecule has 3 heteroatoms. The molecule has 2 aromatic rings.